The van der Waals surface area contributed by atoms with Crippen LogP contribution in [0.25, 0.3) is 0 Å². The number of anilines is 1. The number of rotatable bonds is 3. The van der Waals surface area contributed by atoms with E-state index in [1.54, 1.807) is 17.0 Å². The fraction of sp³-hybridized carbons (Fsp3) is 0.533. The number of benzene rings is 1. The number of nitrogens with one attached hydrogen (secondary N) is 1. The minimum absolute atomic E-state index is 0.132. The van der Waals surface area contributed by atoms with Crippen molar-refractivity contribution < 1.29 is 18.7 Å². The van der Waals surface area contributed by atoms with E-state index in [1.165, 1.54) is 13.2 Å². The van der Waals surface area contributed by atoms with Crippen LogP contribution in [0.5, 0.6) is 5.75 Å². The average Bonchev–Trinajstić information content (AvgIpc) is 2.32. The van der Waals surface area contributed by atoms with Gasteiger partial charge in [-0.3, -0.25) is 0 Å². The van der Waals surface area contributed by atoms with Crippen molar-refractivity contribution in [3.8, 4) is 5.75 Å². The van der Waals surface area contributed by atoms with Gasteiger partial charge in [-0.25, -0.2) is 9.18 Å². The lowest BCUT2D eigenvalue weighted by Crippen LogP contribution is -2.57. The summed E-state index contributed by atoms with van der Waals surface area (Å²) in [5.41, 5.74) is 0.280. The first kappa shape index (κ1) is 15.4. The standard InChI is InChI=1S/C15H21FN2O3/c1-15(2,3)21-14(19)18-8-11(9-18)17-10-5-6-12(16)13(7-10)20-4/h5-7,11,17H,8-9H2,1-4H3. The van der Waals surface area contributed by atoms with Crippen LogP contribution in [0.1, 0.15) is 20.8 Å². The summed E-state index contributed by atoms with van der Waals surface area (Å²) < 4.78 is 23.5. The van der Waals surface area contributed by atoms with Crippen LogP contribution in [-0.2, 0) is 4.74 Å². The van der Waals surface area contributed by atoms with Crippen LogP contribution in [0, 0.1) is 5.82 Å². The molecular formula is C15H21FN2O3. The molecule has 1 saturated heterocycles. The topological polar surface area (TPSA) is 50.8 Å². The molecule has 0 aromatic heterocycles. The highest BCUT2D eigenvalue weighted by Gasteiger charge is 2.33. The molecule has 0 saturated carbocycles. The molecule has 21 heavy (non-hydrogen) atoms. The molecule has 1 amide bonds. The Morgan fingerprint density at radius 2 is 2.05 bits per heavy atom. The van der Waals surface area contributed by atoms with Crippen molar-refractivity contribution in [2.45, 2.75) is 32.4 Å². The van der Waals surface area contributed by atoms with E-state index in [2.05, 4.69) is 5.32 Å². The Balaban J connectivity index is 1.84. The fourth-order valence-corrected chi connectivity index (χ4v) is 2.03. The first-order chi connectivity index (χ1) is 9.78. The molecule has 1 heterocycles. The zero-order valence-electron chi connectivity index (χ0n) is 12.8. The number of hydrogen-bond donors (Lipinski definition) is 1. The third-order valence-electron chi connectivity index (χ3n) is 3.06. The normalized spacial score (nSPS) is 15.4. The number of halogens is 1. The molecular weight excluding hydrogens is 275 g/mol. The van der Waals surface area contributed by atoms with Crippen LogP contribution in [-0.4, -0.2) is 42.8 Å². The molecule has 6 heteroatoms. The van der Waals surface area contributed by atoms with Gasteiger partial charge in [-0.2, -0.15) is 0 Å². The number of likely N-dealkylation sites (tertiary alicyclic amines) is 1. The summed E-state index contributed by atoms with van der Waals surface area (Å²) in [4.78, 5) is 13.4. The van der Waals surface area contributed by atoms with E-state index in [-0.39, 0.29) is 17.9 Å². The SMILES string of the molecule is COc1cc(NC2CN(C(=O)OC(C)(C)C)C2)ccc1F. The van der Waals surface area contributed by atoms with Crippen LogP contribution in [0.4, 0.5) is 14.9 Å². The van der Waals surface area contributed by atoms with Gasteiger partial charge < -0.3 is 19.7 Å². The Bertz CT molecular complexity index is 522. The van der Waals surface area contributed by atoms with E-state index in [1.807, 2.05) is 20.8 Å². The summed E-state index contributed by atoms with van der Waals surface area (Å²) in [6, 6.07) is 4.73. The highest BCUT2D eigenvalue weighted by Crippen LogP contribution is 2.24. The van der Waals surface area contributed by atoms with E-state index < -0.39 is 11.4 Å². The largest absolute Gasteiger partial charge is 0.494 e. The number of ether oxygens (including phenoxy) is 2. The molecule has 0 bridgehead atoms. The summed E-state index contributed by atoms with van der Waals surface area (Å²) in [7, 11) is 1.43. The van der Waals surface area contributed by atoms with Gasteiger partial charge in [0, 0.05) is 24.8 Å². The van der Waals surface area contributed by atoms with Gasteiger partial charge in [0.15, 0.2) is 11.6 Å². The maximum absolute atomic E-state index is 13.3. The van der Waals surface area contributed by atoms with Gasteiger partial charge >= 0.3 is 6.09 Å². The summed E-state index contributed by atoms with van der Waals surface area (Å²) in [6.45, 7) is 6.64. The van der Waals surface area contributed by atoms with Gasteiger partial charge in [0.1, 0.15) is 5.60 Å². The molecule has 0 radical (unpaired) electrons. The third kappa shape index (κ3) is 4.00. The summed E-state index contributed by atoms with van der Waals surface area (Å²) >= 11 is 0. The molecule has 1 aliphatic heterocycles. The van der Waals surface area contributed by atoms with Crippen LogP contribution in [0.15, 0.2) is 18.2 Å². The summed E-state index contributed by atoms with van der Waals surface area (Å²) in [5, 5.41) is 3.23. The second-order valence-electron chi connectivity index (χ2n) is 6.08. The van der Waals surface area contributed by atoms with Gasteiger partial charge in [0.25, 0.3) is 0 Å². The van der Waals surface area contributed by atoms with Crippen molar-refractivity contribution in [3.63, 3.8) is 0 Å². The van der Waals surface area contributed by atoms with Crippen molar-refractivity contribution in [1.82, 2.24) is 4.90 Å². The predicted octanol–water partition coefficient (Wildman–Crippen LogP) is 2.87. The van der Waals surface area contributed by atoms with Crippen LogP contribution in [0.3, 0.4) is 0 Å². The number of carbonyl (C=O) groups is 1. The molecule has 5 nitrogen and oxygen atoms in total. The first-order valence-electron chi connectivity index (χ1n) is 6.86. The number of hydrogen-bond acceptors (Lipinski definition) is 4. The zero-order chi connectivity index (χ0) is 15.6. The molecule has 0 unspecified atom stereocenters. The molecule has 116 valence electrons. The van der Waals surface area contributed by atoms with E-state index in [0.717, 1.165) is 5.69 Å². The van der Waals surface area contributed by atoms with Gasteiger partial charge in [-0.05, 0) is 32.9 Å². The molecule has 1 fully saturated rings. The molecule has 2 rings (SSSR count). The molecule has 1 aliphatic rings. The number of carbonyl (C=O) groups excluding carboxylic acids is 1. The first-order valence-corrected chi connectivity index (χ1v) is 6.86. The van der Waals surface area contributed by atoms with Crippen molar-refractivity contribution >= 4 is 11.8 Å². The van der Waals surface area contributed by atoms with E-state index in [0.29, 0.717) is 13.1 Å². The van der Waals surface area contributed by atoms with E-state index >= 15 is 0 Å². The molecule has 0 atom stereocenters. The smallest absolute Gasteiger partial charge is 0.410 e. The minimum Gasteiger partial charge on any atom is -0.494 e. The van der Waals surface area contributed by atoms with Gasteiger partial charge in [-0.15, -0.1) is 0 Å². The summed E-state index contributed by atoms with van der Waals surface area (Å²) in [5.74, 6) is -0.199. The Hall–Kier alpha value is -1.98. The Morgan fingerprint density at radius 1 is 1.38 bits per heavy atom. The Labute approximate surface area is 124 Å². The molecule has 0 spiro atoms. The fourth-order valence-electron chi connectivity index (χ4n) is 2.03. The maximum atomic E-state index is 13.3. The maximum Gasteiger partial charge on any atom is 0.410 e. The van der Waals surface area contributed by atoms with Gasteiger partial charge in [0.2, 0.25) is 0 Å². The Morgan fingerprint density at radius 3 is 2.62 bits per heavy atom. The highest BCUT2D eigenvalue weighted by atomic mass is 19.1. The Kier molecular flexibility index (Phi) is 4.25. The van der Waals surface area contributed by atoms with Gasteiger partial charge in [-0.1, -0.05) is 0 Å². The lowest BCUT2D eigenvalue weighted by atomic mass is 10.1. The average molecular weight is 296 g/mol. The second-order valence-corrected chi connectivity index (χ2v) is 6.08. The molecule has 1 N–H and O–H groups in total. The molecule has 1 aromatic carbocycles. The predicted molar refractivity (Wildman–Crippen MR) is 78.2 cm³/mol. The molecule has 1 aromatic rings. The van der Waals surface area contributed by atoms with Crippen molar-refractivity contribution in [1.29, 1.82) is 0 Å². The second kappa shape index (κ2) is 5.79. The minimum atomic E-state index is -0.486. The van der Waals surface area contributed by atoms with Crippen LogP contribution >= 0.6 is 0 Å². The van der Waals surface area contributed by atoms with Crippen LogP contribution in [0.2, 0.25) is 0 Å². The monoisotopic (exact) mass is 296 g/mol. The lowest BCUT2D eigenvalue weighted by molar-refractivity contribution is 0.0105. The molecule has 0 aliphatic carbocycles. The third-order valence-corrected chi connectivity index (χ3v) is 3.06. The quantitative estimate of drug-likeness (QED) is 0.932. The van der Waals surface area contributed by atoms with Crippen molar-refractivity contribution in [2.24, 2.45) is 0 Å². The highest BCUT2D eigenvalue weighted by molar-refractivity contribution is 5.69. The van der Waals surface area contributed by atoms with E-state index in [4.69, 9.17) is 9.47 Å². The number of methoxy groups -OCH3 is 1. The van der Waals surface area contributed by atoms with Gasteiger partial charge in [0.05, 0.1) is 13.2 Å². The number of nitrogens with zero attached hydrogens (tertiary/aromatic N) is 1. The summed E-state index contributed by atoms with van der Waals surface area (Å²) in [6.07, 6.45) is -0.308. The van der Waals surface area contributed by atoms with E-state index in [9.17, 15) is 9.18 Å². The van der Waals surface area contributed by atoms with Crippen molar-refractivity contribution in [2.75, 3.05) is 25.5 Å². The van der Waals surface area contributed by atoms with Crippen molar-refractivity contribution in [3.05, 3.63) is 24.0 Å². The number of amides is 1. The zero-order valence-corrected chi connectivity index (χ0v) is 12.8. The van der Waals surface area contributed by atoms with Crippen LogP contribution < -0.4 is 10.1 Å². The lowest BCUT2D eigenvalue weighted by Gasteiger charge is -2.40.